The Morgan fingerprint density at radius 1 is 1.14 bits per heavy atom. The molecule has 0 bridgehead atoms. The molecule has 0 saturated carbocycles. The lowest BCUT2D eigenvalue weighted by Gasteiger charge is -2.26. The van der Waals surface area contributed by atoms with Gasteiger partial charge in [-0.3, -0.25) is 4.90 Å². The third kappa shape index (κ3) is 6.89. The number of ether oxygens (including phenoxy) is 3. The molecule has 0 amide bonds. The number of carbonyl (C=O) groups is 1. The number of hydrogen-bond donors (Lipinski definition) is 1. The molecule has 0 unspecified atom stereocenters. The van der Waals surface area contributed by atoms with E-state index in [-0.39, 0.29) is 6.61 Å². The van der Waals surface area contributed by atoms with E-state index in [0.29, 0.717) is 13.2 Å². The second-order valence-corrected chi connectivity index (χ2v) is 5.08. The van der Waals surface area contributed by atoms with Crippen LogP contribution in [0.25, 0.3) is 0 Å². The molecule has 1 aliphatic rings. The fraction of sp³-hybridized carbons (Fsp3) is 0.562. The summed E-state index contributed by atoms with van der Waals surface area (Å²) in [4.78, 5) is 13.8. The minimum absolute atomic E-state index is 0.240. The van der Waals surface area contributed by atoms with Crippen molar-refractivity contribution in [3.63, 3.8) is 0 Å². The van der Waals surface area contributed by atoms with Crippen molar-refractivity contribution in [3.05, 3.63) is 35.9 Å². The molecule has 0 aliphatic carbocycles. The summed E-state index contributed by atoms with van der Waals surface area (Å²) in [6.45, 7) is 6.66. The van der Waals surface area contributed by atoms with Crippen molar-refractivity contribution in [2.45, 2.75) is 6.61 Å². The van der Waals surface area contributed by atoms with E-state index in [4.69, 9.17) is 14.2 Å². The van der Waals surface area contributed by atoms with Crippen LogP contribution in [0.1, 0.15) is 5.56 Å². The number of carbonyl (C=O) groups excluding carboxylic acids is 1. The van der Waals surface area contributed by atoms with Gasteiger partial charge in [0, 0.05) is 32.7 Å². The van der Waals surface area contributed by atoms with Gasteiger partial charge in [0.2, 0.25) is 0 Å². The van der Waals surface area contributed by atoms with Gasteiger partial charge in [-0.25, -0.2) is 4.79 Å². The van der Waals surface area contributed by atoms with Crippen LogP contribution in [-0.2, 0) is 20.8 Å². The molecule has 1 N–H and O–H groups in total. The summed E-state index contributed by atoms with van der Waals surface area (Å²) in [5, 5.41) is 3.25. The molecule has 6 nitrogen and oxygen atoms in total. The Morgan fingerprint density at radius 3 is 2.68 bits per heavy atom. The Morgan fingerprint density at radius 2 is 1.91 bits per heavy atom. The maximum atomic E-state index is 11.4. The molecule has 0 atom stereocenters. The zero-order chi connectivity index (χ0) is 15.5. The molecule has 0 aromatic heterocycles. The molecule has 122 valence electrons. The molecule has 1 aliphatic heterocycles. The van der Waals surface area contributed by atoms with Gasteiger partial charge in [-0.05, 0) is 5.56 Å². The largest absolute Gasteiger partial charge is 0.508 e. The van der Waals surface area contributed by atoms with Crippen LogP contribution in [0.3, 0.4) is 0 Å². The Kier molecular flexibility index (Phi) is 7.73. The molecule has 1 aromatic carbocycles. The quantitative estimate of drug-likeness (QED) is 0.576. The summed E-state index contributed by atoms with van der Waals surface area (Å²) >= 11 is 0. The molecule has 0 spiro atoms. The van der Waals surface area contributed by atoms with E-state index in [1.54, 1.807) is 0 Å². The van der Waals surface area contributed by atoms with Gasteiger partial charge in [-0.2, -0.15) is 0 Å². The summed E-state index contributed by atoms with van der Waals surface area (Å²) in [5.41, 5.74) is 0.947. The van der Waals surface area contributed by atoms with Crippen molar-refractivity contribution < 1.29 is 19.0 Å². The van der Waals surface area contributed by atoms with Gasteiger partial charge in [0.25, 0.3) is 0 Å². The summed E-state index contributed by atoms with van der Waals surface area (Å²) in [6.07, 6.45) is -0.626. The summed E-state index contributed by atoms with van der Waals surface area (Å²) in [5.74, 6) is 0. The minimum atomic E-state index is -0.626. The molecular formula is C16H24N2O4. The molecule has 1 saturated heterocycles. The number of nitrogens with zero attached hydrogens (tertiary/aromatic N) is 1. The predicted molar refractivity (Wildman–Crippen MR) is 82.7 cm³/mol. The van der Waals surface area contributed by atoms with Gasteiger partial charge in [-0.1, -0.05) is 30.3 Å². The van der Waals surface area contributed by atoms with Gasteiger partial charge in [0.1, 0.15) is 13.2 Å². The molecule has 1 aromatic rings. The zero-order valence-electron chi connectivity index (χ0n) is 12.8. The summed E-state index contributed by atoms with van der Waals surface area (Å²) in [6, 6.07) is 9.54. The number of benzene rings is 1. The topological polar surface area (TPSA) is 60.0 Å². The van der Waals surface area contributed by atoms with Crippen molar-refractivity contribution in [3.8, 4) is 0 Å². The van der Waals surface area contributed by atoms with Crippen LogP contribution < -0.4 is 5.32 Å². The molecule has 22 heavy (non-hydrogen) atoms. The zero-order valence-corrected chi connectivity index (χ0v) is 12.8. The maximum absolute atomic E-state index is 11.4. The second-order valence-electron chi connectivity index (χ2n) is 5.08. The first-order valence-corrected chi connectivity index (χ1v) is 7.69. The fourth-order valence-corrected chi connectivity index (χ4v) is 2.15. The van der Waals surface area contributed by atoms with E-state index in [1.165, 1.54) is 0 Å². The smallest absolute Gasteiger partial charge is 0.433 e. The first kappa shape index (κ1) is 16.7. The SMILES string of the molecule is O=C(OCCNCCN1CCOCC1)OCc1ccccc1. The minimum Gasteiger partial charge on any atom is -0.433 e. The van der Waals surface area contributed by atoms with Gasteiger partial charge in [0.05, 0.1) is 13.2 Å². The Hall–Kier alpha value is -1.63. The first-order chi connectivity index (χ1) is 10.8. The highest BCUT2D eigenvalue weighted by atomic mass is 16.7. The summed E-state index contributed by atoms with van der Waals surface area (Å²) < 4.78 is 15.3. The van der Waals surface area contributed by atoms with Crippen molar-refractivity contribution in [2.75, 3.05) is 52.5 Å². The Bertz CT molecular complexity index is 421. The Balaban J connectivity index is 1.43. The van der Waals surface area contributed by atoms with Crippen LogP contribution in [0, 0.1) is 0 Å². The van der Waals surface area contributed by atoms with Crippen LogP contribution in [0.4, 0.5) is 4.79 Å². The highest BCUT2D eigenvalue weighted by Crippen LogP contribution is 2.01. The molecule has 1 fully saturated rings. The standard InChI is InChI=1S/C16H24N2O4/c19-16(22-14-15-4-2-1-3-5-15)21-11-7-17-6-8-18-9-12-20-13-10-18/h1-5,17H,6-14H2. The lowest BCUT2D eigenvalue weighted by atomic mass is 10.2. The average molecular weight is 308 g/mol. The lowest BCUT2D eigenvalue weighted by Crippen LogP contribution is -2.40. The Labute approximate surface area is 131 Å². The monoisotopic (exact) mass is 308 g/mol. The van der Waals surface area contributed by atoms with Crippen LogP contribution in [0.15, 0.2) is 30.3 Å². The van der Waals surface area contributed by atoms with Crippen LogP contribution in [0.2, 0.25) is 0 Å². The van der Waals surface area contributed by atoms with Gasteiger partial charge < -0.3 is 19.5 Å². The van der Waals surface area contributed by atoms with Crippen LogP contribution >= 0.6 is 0 Å². The van der Waals surface area contributed by atoms with Crippen molar-refractivity contribution in [1.29, 1.82) is 0 Å². The van der Waals surface area contributed by atoms with E-state index in [2.05, 4.69) is 10.2 Å². The average Bonchev–Trinajstić information content (AvgIpc) is 2.58. The van der Waals surface area contributed by atoms with Crippen molar-refractivity contribution >= 4 is 6.16 Å². The predicted octanol–water partition coefficient (Wildman–Crippen LogP) is 1.26. The highest BCUT2D eigenvalue weighted by molar-refractivity contribution is 5.59. The van der Waals surface area contributed by atoms with Crippen molar-refractivity contribution in [2.24, 2.45) is 0 Å². The molecule has 6 heteroatoms. The molecular weight excluding hydrogens is 284 g/mol. The number of rotatable bonds is 8. The summed E-state index contributed by atoms with van der Waals surface area (Å²) in [7, 11) is 0. The van der Waals surface area contributed by atoms with Gasteiger partial charge in [0.15, 0.2) is 0 Å². The van der Waals surface area contributed by atoms with Crippen LogP contribution in [0.5, 0.6) is 0 Å². The van der Waals surface area contributed by atoms with Gasteiger partial charge in [-0.15, -0.1) is 0 Å². The number of nitrogens with one attached hydrogen (secondary N) is 1. The fourth-order valence-electron chi connectivity index (χ4n) is 2.15. The molecule has 1 heterocycles. The normalized spacial score (nSPS) is 15.5. The molecule has 0 radical (unpaired) electrons. The van der Waals surface area contributed by atoms with Crippen molar-refractivity contribution in [1.82, 2.24) is 10.2 Å². The van der Waals surface area contributed by atoms with Crippen LogP contribution in [-0.4, -0.2) is 63.6 Å². The number of hydrogen-bond acceptors (Lipinski definition) is 6. The third-order valence-corrected chi connectivity index (χ3v) is 3.41. The van der Waals surface area contributed by atoms with E-state index in [1.807, 2.05) is 30.3 Å². The van der Waals surface area contributed by atoms with Gasteiger partial charge >= 0.3 is 6.16 Å². The van der Waals surface area contributed by atoms with E-state index in [0.717, 1.165) is 45.0 Å². The molecule has 2 rings (SSSR count). The van der Waals surface area contributed by atoms with E-state index in [9.17, 15) is 4.79 Å². The number of morpholine rings is 1. The van der Waals surface area contributed by atoms with E-state index < -0.39 is 6.16 Å². The second kappa shape index (κ2) is 10.2. The maximum Gasteiger partial charge on any atom is 0.508 e. The highest BCUT2D eigenvalue weighted by Gasteiger charge is 2.09. The van der Waals surface area contributed by atoms with E-state index >= 15 is 0 Å². The first-order valence-electron chi connectivity index (χ1n) is 7.69. The third-order valence-electron chi connectivity index (χ3n) is 3.41. The lowest BCUT2D eigenvalue weighted by molar-refractivity contribution is 0.0373.